The van der Waals surface area contributed by atoms with Crippen LogP contribution in [0.3, 0.4) is 0 Å². The van der Waals surface area contributed by atoms with Crippen molar-refractivity contribution >= 4 is 15.7 Å². The molecule has 0 aliphatic carbocycles. The minimum absolute atomic E-state index is 0.0824. The van der Waals surface area contributed by atoms with Crippen LogP contribution in [0.1, 0.15) is 38.2 Å². The van der Waals surface area contributed by atoms with Gasteiger partial charge in [-0.05, 0) is 12.0 Å². The van der Waals surface area contributed by atoms with Gasteiger partial charge in [0.2, 0.25) is 5.91 Å². The van der Waals surface area contributed by atoms with E-state index in [0.29, 0.717) is 12.0 Å². The lowest BCUT2D eigenvalue weighted by Crippen LogP contribution is -2.30. The second kappa shape index (κ2) is 8.01. The molecule has 1 rings (SSSR count). The number of carbonyl (C=O) groups is 1. The highest BCUT2D eigenvalue weighted by Gasteiger charge is 2.27. The Labute approximate surface area is 119 Å². The third kappa shape index (κ3) is 5.30. The third-order valence-corrected chi connectivity index (χ3v) is 5.29. The smallest absolute Gasteiger partial charge is 0.244 e. The Kier molecular flexibility index (Phi) is 6.67. The number of carbonyl (C=O) groups excluding carboxylic acids is 1. The molecule has 1 unspecified atom stereocenters. The number of amides is 1. The average Bonchev–Trinajstić information content (AvgIpc) is 2.43. The largest absolute Gasteiger partial charge is 0.289 e. The Morgan fingerprint density at radius 1 is 1.30 bits per heavy atom. The molecular weight excluding hydrogens is 278 g/mol. The first kappa shape index (κ1) is 16.7. The van der Waals surface area contributed by atoms with E-state index in [4.69, 9.17) is 5.21 Å². The van der Waals surface area contributed by atoms with E-state index in [1.54, 1.807) is 24.3 Å². The minimum atomic E-state index is -3.42. The third-order valence-electron chi connectivity index (χ3n) is 3.14. The van der Waals surface area contributed by atoms with Crippen LogP contribution in [-0.4, -0.2) is 24.8 Å². The summed E-state index contributed by atoms with van der Waals surface area (Å²) in [6.45, 7) is 1.97. The van der Waals surface area contributed by atoms with Gasteiger partial charge in [0.25, 0.3) is 0 Å². The zero-order valence-electron chi connectivity index (χ0n) is 11.6. The predicted octanol–water partition coefficient (Wildman–Crippen LogP) is 2.06. The first-order valence-electron chi connectivity index (χ1n) is 6.68. The second-order valence-corrected chi connectivity index (χ2v) is 7.08. The van der Waals surface area contributed by atoms with Gasteiger partial charge in [-0.2, -0.15) is 0 Å². The van der Waals surface area contributed by atoms with Crippen LogP contribution in [0.4, 0.5) is 0 Å². The highest BCUT2D eigenvalue weighted by atomic mass is 32.2. The summed E-state index contributed by atoms with van der Waals surface area (Å²) in [4.78, 5) is 11.3. The summed E-state index contributed by atoms with van der Waals surface area (Å²) in [5, 5.41) is 7.82. The summed E-state index contributed by atoms with van der Waals surface area (Å²) in [7, 11) is -3.42. The van der Waals surface area contributed by atoms with E-state index in [9.17, 15) is 13.2 Å². The quantitative estimate of drug-likeness (QED) is 0.568. The highest BCUT2D eigenvalue weighted by Crippen LogP contribution is 2.19. The summed E-state index contributed by atoms with van der Waals surface area (Å²) in [5.74, 6) is -0.747. The fraction of sp³-hybridized carbons (Fsp3) is 0.500. The molecule has 0 spiro atoms. The molecule has 0 aliphatic rings. The van der Waals surface area contributed by atoms with Gasteiger partial charge in [0, 0.05) is 6.42 Å². The SMILES string of the molecule is CCCCC(CC(=O)NO)S(=O)(=O)Cc1ccccc1. The lowest BCUT2D eigenvalue weighted by atomic mass is 10.1. The van der Waals surface area contributed by atoms with E-state index >= 15 is 0 Å². The molecule has 2 N–H and O–H groups in total. The Balaban J connectivity index is 2.83. The number of benzene rings is 1. The van der Waals surface area contributed by atoms with Crippen molar-refractivity contribution in [2.24, 2.45) is 0 Å². The van der Waals surface area contributed by atoms with E-state index < -0.39 is 21.0 Å². The molecule has 0 radical (unpaired) electrons. The van der Waals surface area contributed by atoms with Gasteiger partial charge in [-0.1, -0.05) is 50.1 Å². The number of nitrogens with one attached hydrogen (secondary N) is 1. The van der Waals surface area contributed by atoms with Gasteiger partial charge in [0.1, 0.15) is 0 Å². The molecule has 1 amide bonds. The van der Waals surface area contributed by atoms with Crippen molar-refractivity contribution in [2.45, 2.75) is 43.6 Å². The second-order valence-electron chi connectivity index (χ2n) is 4.80. The molecule has 1 atom stereocenters. The number of rotatable bonds is 8. The highest BCUT2D eigenvalue weighted by molar-refractivity contribution is 7.91. The molecule has 0 aliphatic heterocycles. The number of hydroxylamine groups is 1. The maximum atomic E-state index is 12.4. The molecule has 0 fully saturated rings. The Morgan fingerprint density at radius 3 is 2.50 bits per heavy atom. The average molecular weight is 299 g/mol. The van der Waals surface area contributed by atoms with Crippen LogP contribution in [0.15, 0.2) is 30.3 Å². The topological polar surface area (TPSA) is 83.5 Å². The predicted molar refractivity (Wildman–Crippen MR) is 76.9 cm³/mol. The molecule has 0 heterocycles. The van der Waals surface area contributed by atoms with Crippen LogP contribution < -0.4 is 5.48 Å². The maximum Gasteiger partial charge on any atom is 0.244 e. The number of hydrogen-bond acceptors (Lipinski definition) is 4. The summed E-state index contributed by atoms with van der Waals surface area (Å²) in [5.41, 5.74) is 2.21. The van der Waals surface area contributed by atoms with Crippen molar-refractivity contribution in [1.29, 1.82) is 0 Å². The zero-order valence-corrected chi connectivity index (χ0v) is 12.4. The molecule has 5 nitrogen and oxygen atoms in total. The van der Waals surface area contributed by atoms with Crippen LogP contribution in [0.25, 0.3) is 0 Å². The van der Waals surface area contributed by atoms with Gasteiger partial charge < -0.3 is 0 Å². The first-order valence-corrected chi connectivity index (χ1v) is 8.39. The van der Waals surface area contributed by atoms with E-state index in [1.165, 1.54) is 5.48 Å². The molecule has 1 aromatic rings. The van der Waals surface area contributed by atoms with Gasteiger partial charge in [-0.15, -0.1) is 0 Å². The molecule has 1 aromatic carbocycles. The van der Waals surface area contributed by atoms with Crippen LogP contribution in [0.5, 0.6) is 0 Å². The number of unbranched alkanes of at least 4 members (excludes halogenated alkanes) is 1. The summed E-state index contributed by atoms with van der Waals surface area (Å²) in [6.07, 6.45) is 1.82. The van der Waals surface area contributed by atoms with Gasteiger partial charge in [0.15, 0.2) is 9.84 Å². The van der Waals surface area contributed by atoms with Gasteiger partial charge >= 0.3 is 0 Å². The zero-order chi connectivity index (χ0) is 15.0. The molecule has 112 valence electrons. The van der Waals surface area contributed by atoms with Gasteiger partial charge in [-0.3, -0.25) is 10.0 Å². The molecule has 0 aromatic heterocycles. The normalized spacial score (nSPS) is 12.9. The number of hydrogen-bond donors (Lipinski definition) is 2. The van der Waals surface area contributed by atoms with Crippen LogP contribution in [0, 0.1) is 0 Å². The van der Waals surface area contributed by atoms with Gasteiger partial charge in [-0.25, -0.2) is 13.9 Å². The molecule has 20 heavy (non-hydrogen) atoms. The van der Waals surface area contributed by atoms with E-state index in [0.717, 1.165) is 12.8 Å². The lowest BCUT2D eigenvalue weighted by Gasteiger charge is -2.16. The van der Waals surface area contributed by atoms with E-state index in [2.05, 4.69) is 0 Å². The molecular formula is C14H21NO4S. The fourth-order valence-corrected chi connectivity index (χ4v) is 3.84. The minimum Gasteiger partial charge on any atom is -0.289 e. The van der Waals surface area contributed by atoms with E-state index in [-0.39, 0.29) is 12.2 Å². The van der Waals surface area contributed by atoms with E-state index in [1.807, 2.05) is 13.0 Å². The monoisotopic (exact) mass is 299 g/mol. The van der Waals surface area contributed by atoms with Crippen LogP contribution >= 0.6 is 0 Å². The first-order chi connectivity index (χ1) is 9.49. The molecule has 0 saturated carbocycles. The standard InChI is InChI=1S/C14H21NO4S/c1-2-3-9-13(10-14(16)15-17)20(18,19)11-12-7-5-4-6-8-12/h4-8,13,17H,2-3,9-11H2,1H3,(H,15,16). The Bertz CT molecular complexity index is 513. The van der Waals surface area contributed by atoms with Crippen molar-refractivity contribution < 1.29 is 18.4 Å². The molecule has 0 saturated heterocycles. The maximum absolute atomic E-state index is 12.4. The summed E-state index contributed by atoms with van der Waals surface area (Å²) >= 11 is 0. The Hall–Kier alpha value is -1.40. The summed E-state index contributed by atoms with van der Waals surface area (Å²) < 4.78 is 24.8. The number of sulfone groups is 1. The van der Waals surface area contributed by atoms with Crippen molar-refractivity contribution in [2.75, 3.05) is 0 Å². The molecule has 0 bridgehead atoms. The fourth-order valence-electron chi connectivity index (χ4n) is 2.02. The molecule has 6 heteroatoms. The Morgan fingerprint density at radius 2 is 1.95 bits per heavy atom. The lowest BCUT2D eigenvalue weighted by molar-refractivity contribution is -0.129. The van der Waals surface area contributed by atoms with Crippen molar-refractivity contribution in [1.82, 2.24) is 5.48 Å². The summed E-state index contributed by atoms with van der Waals surface area (Å²) in [6, 6.07) is 8.89. The van der Waals surface area contributed by atoms with Crippen molar-refractivity contribution in [3.05, 3.63) is 35.9 Å². The van der Waals surface area contributed by atoms with Crippen molar-refractivity contribution in [3.8, 4) is 0 Å². The van der Waals surface area contributed by atoms with Crippen molar-refractivity contribution in [3.63, 3.8) is 0 Å². The van der Waals surface area contributed by atoms with Crippen LogP contribution in [0.2, 0.25) is 0 Å². The van der Waals surface area contributed by atoms with Gasteiger partial charge in [0.05, 0.1) is 11.0 Å². The van der Waals surface area contributed by atoms with Crippen LogP contribution in [-0.2, 0) is 20.4 Å².